The average Bonchev–Trinajstić information content (AvgIpc) is 3.33. The molecule has 1 unspecified atom stereocenters. The van der Waals surface area contributed by atoms with Crippen molar-refractivity contribution >= 4 is 11.7 Å². The lowest BCUT2D eigenvalue weighted by Gasteiger charge is -2.36. The number of hydrazine groups is 1. The summed E-state index contributed by atoms with van der Waals surface area (Å²) in [4.78, 5) is 22.7. The third-order valence-corrected chi connectivity index (χ3v) is 4.62. The van der Waals surface area contributed by atoms with Crippen LogP contribution in [0.5, 0.6) is 0 Å². The Hall–Kier alpha value is -2.87. The van der Waals surface area contributed by atoms with Gasteiger partial charge in [-0.1, -0.05) is 5.59 Å². The molecule has 0 bridgehead atoms. The van der Waals surface area contributed by atoms with Crippen molar-refractivity contribution in [2.45, 2.75) is 18.9 Å². The molecular weight excluding hydrogens is 342 g/mol. The number of carbonyl (C=O) groups excluding carboxylic acids is 1. The molecule has 4 rings (SSSR count). The second-order valence-electron chi connectivity index (χ2n) is 6.35. The number of likely N-dealkylation sites (tertiary alicyclic amines) is 1. The smallest absolute Gasteiger partial charge is 0.256 e. The van der Waals surface area contributed by atoms with Crippen molar-refractivity contribution in [3.8, 4) is 0 Å². The number of piperidine rings is 1. The Kier molecular flexibility index (Phi) is 4.34. The predicted octanol–water partition coefficient (Wildman–Crippen LogP) is 2.65. The number of benzene rings is 1. The minimum Gasteiger partial charge on any atom is -0.385 e. The highest BCUT2D eigenvalue weighted by Gasteiger charge is 2.31. The average molecular weight is 360 g/mol. The van der Waals surface area contributed by atoms with Crippen LogP contribution >= 0.6 is 0 Å². The summed E-state index contributed by atoms with van der Waals surface area (Å²) in [5, 5.41) is 1.82. The first kappa shape index (κ1) is 16.6. The largest absolute Gasteiger partial charge is 0.385 e. The van der Waals surface area contributed by atoms with E-state index in [1.807, 2.05) is 23.3 Å². The summed E-state index contributed by atoms with van der Waals surface area (Å²) in [5.74, 6) is -1.31. The van der Waals surface area contributed by atoms with Crippen LogP contribution in [-0.2, 0) is 4.84 Å². The summed E-state index contributed by atoms with van der Waals surface area (Å²) in [5.41, 5.74) is 3.58. The van der Waals surface area contributed by atoms with E-state index in [1.165, 1.54) is 6.07 Å². The Balaban J connectivity index is 1.47. The van der Waals surface area contributed by atoms with E-state index in [1.54, 1.807) is 11.1 Å². The fourth-order valence-electron chi connectivity index (χ4n) is 3.27. The van der Waals surface area contributed by atoms with Crippen LogP contribution in [-0.4, -0.2) is 39.9 Å². The Morgan fingerprint density at radius 2 is 2.15 bits per heavy atom. The van der Waals surface area contributed by atoms with Crippen molar-refractivity contribution in [1.82, 2.24) is 20.5 Å². The SMILES string of the molecule is O=C(c1ccc(F)cc1F)N1CCCC(N2C=C(c3ccc[nH]3)ON2)C1. The first-order chi connectivity index (χ1) is 12.6. The van der Waals surface area contributed by atoms with Crippen LogP contribution in [0, 0.1) is 11.6 Å². The third kappa shape index (κ3) is 3.15. The number of amides is 1. The van der Waals surface area contributed by atoms with Crippen molar-refractivity contribution in [2.75, 3.05) is 13.1 Å². The molecule has 1 atom stereocenters. The number of carbonyl (C=O) groups is 1. The van der Waals surface area contributed by atoms with E-state index in [-0.39, 0.29) is 11.6 Å². The lowest BCUT2D eigenvalue weighted by Crippen LogP contribution is -2.50. The van der Waals surface area contributed by atoms with Gasteiger partial charge in [-0.3, -0.25) is 9.80 Å². The van der Waals surface area contributed by atoms with Crippen molar-refractivity contribution in [3.63, 3.8) is 0 Å². The number of hydrogen-bond donors (Lipinski definition) is 2. The minimum atomic E-state index is -0.839. The van der Waals surface area contributed by atoms with E-state index in [9.17, 15) is 13.6 Å². The van der Waals surface area contributed by atoms with Gasteiger partial charge in [-0.15, -0.1) is 0 Å². The molecule has 6 nitrogen and oxygen atoms in total. The number of H-pyrrole nitrogens is 1. The van der Waals surface area contributed by atoms with E-state index >= 15 is 0 Å². The Labute approximate surface area is 149 Å². The van der Waals surface area contributed by atoms with Gasteiger partial charge in [-0.2, -0.15) is 0 Å². The highest BCUT2D eigenvalue weighted by molar-refractivity contribution is 5.94. The Morgan fingerprint density at radius 1 is 1.27 bits per heavy atom. The van der Waals surface area contributed by atoms with Gasteiger partial charge in [0, 0.05) is 25.4 Å². The van der Waals surface area contributed by atoms with Crippen molar-refractivity contribution in [1.29, 1.82) is 0 Å². The summed E-state index contributed by atoms with van der Waals surface area (Å²) in [6.45, 7) is 0.953. The van der Waals surface area contributed by atoms with Gasteiger partial charge in [0.1, 0.15) is 11.6 Å². The van der Waals surface area contributed by atoms with Gasteiger partial charge in [0.15, 0.2) is 5.76 Å². The number of hydrogen-bond acceptors (Lipinski definition) is 4. The Morgan fingerprint density at radius 3 is 2.92 bits per heavy atom. The molecule has 2 aliphatic heterocycles. The van der Waals surface area contributed by atoms with Gasteiger partial charge in [0.25, 0.3) is 5.91 Å². The zero-order chi connectivity index (χ0) is 18.1. The molecule has 0 saturated carbocycles. The van der Waals surface area contributed by atoms with Crippen LogP contribution in [0.25, 0.3) is 5.76 Å². The quantitative estimate of drug-likeness (QED) is 0.884. The van der Waals surface area contributed by atoms with Crippen LogP contribution in [0.15, 0.2) is 42.7 Å². The molecule has 2 aliphatic rings. The molecule has 8 heteroatoms. The molecule has 1 aromatic carbocycles. The number of aromatic amines is 1. The maximum Gasteiger partial charge on any atom is 0.256 e. The summed E-state index contributed by atoms with van der Waals surface area (Å²) in [6, 6.07) is 6.78. The third-order valence-electron chi connectivity index (χ3n) is 4.62. The molecule has 0 radical (unpaired) electrons. The number of aromatic nitrogens is 1. The molecule has 26 heavy (non-hydrogen) atoms. The van der Waals surface area contributed by atoms with Gasteiger partial charge in [-0.05, 0) is 37.1 Å². The van der Waals surface area contributed by atoms with Gasteiger partial charge in [0.05, 0.1) is 23.5 Å². The van der Waals surface area contributed by atoms with E-state index in [0.717, 1.165) is 30.7 Å². The number of nitrogens with one attached hydrogen (secondary N) is 2. The standard InChI is InChI=1S/C18H18F2N4O2/c19-12-5-6-14(15(20)9-12)18(25)23-8-2-3-13(10-23)24-11-17(26-22-24)16-4-1-7-21-16/h1,4-7,9,11,13,21-22H,2-3,8,10H2. The zero-order valence-electron chi connectivity index (χ0n) is 13.9. The molecule has 1 amide bonds. The van der Waals surface area contributed by atoms with Crippen LogP contribution in [0.1, 0.15) is 28.9 Å². The first-order valence-electron chi connectivity index (χ1n) is 8.42. The molecule has 2 N–H and O–H groups in total. The number of nitrogens with zero attached hydrogens (tertiary/aromatic N) is 2. The summed E-state index contributed by atoms with van der Waals surface area (Å²) in [7, 11) is 0. The molecule has 0 spiro atoms. The highest BCUT2D eigenvalue weighted by atomic mass is 19.1. The topological polar surface area (TPSA) is 60.6 Å². The molecule has 136 valence electrons. The summed E-state index contributed by atoms with van der Waals surface area (Å²) in [6.07, 6.45) is 5.28. The minimum absolute atomic E-state index is 0.0105. The van der Waals surface area contributed by atoms with Crippen LogP contribution < -0.4 is 5.59 Å². The second kappa shape index (κ2) is 6.80. The molecule has 1 fully saturated rings. The van der Waals surface area contributed by atoms with Gasteiger partial charge in [-0.25, -0.2) is 8.78 Å². The normalized spacial score (nSPS) is 20.1. The van der Waals surface area contributed by atoms with E-state index in [4.69, 9.17) is 4.84 Å². The number of halogens is 2. The van der Waals surface area contributed by atoms with E-state index in [2.05, 4.69) is 10.6 Å². The lowest BCUT2D eigenvalue weighted by molar-refractivity contribution is -0.00260. The zero-order valence-corrected chi connectivity index (χ0v) is 13.9. The Bertz CT molecular complexity index is 838. The van der Waals surface area contributed by atoms with Crippen molar-refractivity contribution in [2.24, 2.45) is 0 Å². The predicted molar refractivity (Wildman–Crippen MR) is 90.1 cm³/mol. The molecular formula is C18H18F2N4O2. The molecule has 2 aromatic rings. The first-order valence-corrected chi connectivity index (χ1v) is 8.42. The van der Waals surface area contributed by atoms with E-state index < -0.39 is 17.5 Å². The fraction of sp³-hybridized carbons (Fsp3) is 0.278. The second-order valence-corrected chi connectivity index (χ2v) is 6.35. The maximum atomic E-state index is 13.9. The lowest BCUT2D eigenvalue weighted by atomic mass is 10.0. The summed E-state index contributed by atoms with van der Waals surface area (Å²) < 4.78 is 27.0. The number of rotatable bonds is 3. The fourth-order valence-corrected chi connectivity index (χ4v) is 3.27. The van der Waals surface area contributed by atoms with Gasteiger partial charge >= 0.3 is 0 Å². The summed E-state index contributed by atoms with van der Waals surface area (Å²) >= 11 is 0. The molecule has 3 heterocycles. The molecule has 1 saturated heterocycles. The van der Waals surface area contributed by atoms with Crippen molar-refractivity contribution < 1.29 is 18.4 Å². The van der Waals surface area contributed by atoms with Crippen LogP contribution in [0.4, 0.5) is 8.78 Å². The maximum absolute atomic E-state index is 13.9. The van der Waals surface area contributed by atoms with Gasteiger partial charge in [0.2, 0.25) is 0 Å². The van der Waals surface area contributed by atoms with Crippen molar-refractivity contribution in [3.05, 3.63) is 65.6 Å². The molecule has 0 aliphatic carbocycles. The molecule has 1 aromatic heterocycles. The monoisotopic (exact) mass is 360 g/mol. The van der Waals surface area contributed by atoms with E-state index in [0.29, 0.717) is 18.8 Å². The van der Waals surface area contributed by atoms with Crippen LogP contribution in [0.3, 0.4) is 0 Å². The van der Waals surface area contributed by atoms with Gasteiger partial charge < -0.3 is 14.7 Å². The highest BCUT2D eigenvalue weighted by Crippen LogP contribution is 2.24. The van der Waals surface area contributed by atoms with Crippen LogP contribution in [0.2, 0.25) is 0 Å².